The third kappa shape index (κ3) is 1.39. The fraction of sp³-hybridized carbons (Fsp3) is 0.0833. The second kappa shape index (κ2) is 3.69. The molecule has 0 radical (unpaired) electrons. The number of aldehydes is 1. The maximum absolute atomic E-state index is 11.0. The number of H-pyrrole nitrogens is 1. The van der Waals surface area contributed by atoms with Crippen LogP contribution in [0.4, 0.5) is 5.82 Å². The molecule has 2 aromatic heterocycles. The van der Waals surface area contributed by atoms with Crippen LogP contribution in [0.1, 0.15) is 10.4 Å². The number of nitrogen functional groups attached to an aromatic ring is 1. The molecule has 0 atom stereocenters. The Kier molecular flexibility index (Phi) is 2.16. The summed E-state index contributed by atoms with van der Waals surface area (Å²) in [7, 11) is 1.93. The van der Waals surface area contributed by atoms with E-state index in [-0.39, 0.29) is 5.82 Å². The standard InChI is InChI=1S/C12H11N5O/c1-17-6-14-9-4-7(2-3-10(9)17)11-8(5-18)12(13)16-15-11/h2-6H,1H3,(H3,13,15,16). The van der Waals surface area contributed by atoms with Crippen molar-refractivity contribution in [1.29, 1.82) is 0 Å². The summed E-state index contributed by atoms with van der Waals surface area (Å²) >= 11 is 0. The first-order chi connectivity index (χ1) is 8.70. The predicted octanol–water partition coefficient (Wildman–Crippen LogP) is 1.36. The molecule has 1 aromatic carbocycles. The highest BCUT2D eigenvalue weighted by Crippen LogP contribution is 2.26. The molecule has 3 N–H and O–H groups in total. The van der Waals surface area contributed by atoms with Crippen LogP contribution in [-0.4, -0.2) is 26.0 Å². The van der Waals surface area contributed by atoms with Gasteiger partial charge in [-0.2, -0.15) is 5.10 Å². The number of rotatable bonds is 2. The molecule has 3 rings (SSSR count). The Morgan fingerprint density at radius 2 is 2.28 bits per heavy atom. The molecule has 90 valence electrons. The van der Waals surface area contributed by atoms with Crippen molar-refractivity contribution in [2.75, 3.05) is 5.73 Å². The van der Waals surface area contributed by atoms with E-state index in [4.69, 9.17) is 5.73 Å². The van der Waals surface area contributed by atoms with Gasteiger partial charge in [-0.3, -0.25) is 9.89 Å². The number of nitrogens with one attached hydrogen (secondary N) is 1. The largest absolute Gasteiger partial charge is 0.382 e. The van der Waals surface area contributed by atoms with Crippen molar-refractivity contribution in [3.8, 4) is 11.3 Å². The Labute approximate surface area is 102 Å². The number of carbonyl (C=O) groups excluding carboxylic acids is 1. The maximum atomic E-state index is 11.0. The van der Waals surface area contributed by atoms with Crippen molar-refractivity contribution in [1.82, 2.24) is 19.7 Å². The topological polar surface area (TPSA) is 89.6 Å². The van der Waals surface area contributed by atoms with Gasteiger partial charge in [0.1, 0.15) is 0 Å². The van der Waals surface area contributed by atoms with Gasteiger partial charge in [-0.25, -0.2) is 4.98 Å². The number of benzene rings is 1. The average Bonchev–Trinajstić information content (AvgIpc) is 2.93. The molecule has 0 aliphatic carbocycles. The number of anilines is 1. The summed E-state index contributed by atoms with van der Waals surface area (Å²) in [5.41, 5.74) is 9.34. The number of imidazole rings is 1. The van der Waals surface area contributed by atoms with Gasteiger partial charge in [-0.05, 0) is 12.1 Å². The summed E-state index contributed by atoms with van der Waals surface area (Å²) in [6.07, 6.45) is 2.45. The number of aromatic amines is 1. The second-order valence-corrected chi connectivity index (χ2v) is 4.07. The molecule has 0 bridgehead atoms. The van der Waals surface area contributed by atoms with Crippen LogP contribution in [0.5, 0.6) is 0 Å². The van der Waals surface area contributed by atoms with Crippen molar-refractivity contribution in [3.05, 3.63) is 30.1 Å². The number of hydrogen-bond donors (Lipinski definition) is 2. The quantitative estimate of drug-likeness (QED) is 0.663. The zero-order chi connectivity index (χ0) is 12.7. The van der Waals surface area contributed by atoms with Crippen molar-refractivity contribution in [2.45, 2.75) is 0 Å². The van der Waals surface area contributed by atoms with Gasteiger partial charge in [0.15, 0.2) is 12.1 Å². The zero-order valence-corrected chi connectivity index (χ0v) is 9.71. The van der Waals surface area contributed by atoms with Crippen molar-refractivity contribution >= 4 is 23.1 Å². The molecule has 0 aliphatic heterocycles. The minimum absolute atomic E-state index is 0.209. The van der Waals surface area contributed by atoms with E-state index in [9.17, 15) is 4.79 Å². The fourth-order valence-corrected chi connectivity index (χ4v) is 2.00. The Hall–Kier alpha value is -2.63. The zero-order valence-electron chi connectivity index (χ0n) is 9.71. The highest BCUT2D eigenvalue weighted by Gasteiger charge is 2.12. The molecule has 2 heterocycles. The van der Waals surface area contributed by atoms with Gasteiger partial charge in [-0.15, -0.1) is 0 Å². The van der Waals surface area contributed by atoms with Gasteiger partial charge >= 0.3 is 0 Å². The molecule has 18 heavy (non-hydrogen) atoms. The lowest BCUT2D eigenvalue weighted by molar-refractivity contribution is 0.112. The lowest BCUT2D eigenvalue weighted by Gasteiger charge is -2.00. The Balaban J connectivity index is 2.22. The molecular formula is C12H11N5O. The van der Waals surface area contributed by atoms with E-state index in [1.807, 2.05) is 29.8 Å². The molecule has 0 saturated carbocycles. The van der Waals surface area contributed by atoms with Crippen LogP contribution in [0.3, 0.4) is 0 Å². The first-order valence-electron chi connectivity index (χ1n) is 5.41. The van der Waals surface area contributed by atoms with E-state index in [1.54, 1.807) is 6.33 Å². The van der Waals surface area contributed by atoms with E-state index in [0.717, 1.165) is 16.6 Å². The normalized spacial score (nSPS) is 10.9. The molecule has 0 amide bonds. The summed E-state index contributed by atoms with van der Waals surface area (Å²) in [6, 6.07) is 5.75. The number of carbonyl (C=O) groups is 1. The number of aryl methyl sites for hydroxylation is 1. The minimum atomic E-state index is 0.209. The van der Waals surface area contributed by atoms with Gasteiger partial charge in [0, 0.05) is 12.6 Å². The molecule has 6 nitrogen and oxygen atoms in total. The van der Waals surface area contributed by atoms with E-state index < -0.39 is 0 Å². The van der Waals surface area contributed by atoms with Crippen LogP contribution in [0.15, 0.2) is 24.5 Å². The molecule has 0 aliphatic rings. The average molecular weight is 241 g/mol. The van der Waals surface area contributed by atoms with E-state index >= 15 is 0 Å². The van der Waals surface area contributed by atoms with Crippen LogP contribution in [-0.2, 0) is 7.05 Å². The van der Waals surface area contributed by atoms with Crippen LogP contribution >= 0.6 is 0 Å². The summed E-state index contributed by atoms with van der Waals surface area (Å²) < 4.78 is 1.93. The fourth-order valence-electron chi connectivity index (χ4n) is 2.00. The molecule has 0 fully saturated rings. The van der Waals surface area contributed by atoms with Crippen molar-refractivity contribution < 1.29 is 4.79 Å². The summed E-state index contributed by atoms with van der Waals surface area (Å²) in [5, 5.41) is 6.62. The van der Waals surface area contributed by atoms with Gasteiger partial charge in [0.2, 0.25) is 0 Å². The number of fused-ring (bicyclic) bond motifs is 1. The number of nitrogens with two attached hydrogens (primary N) is 1. The Bertz CT molecular complexity index is 740. The van der Waals surface area contributed by atoms with Crippen LogP contribution < -0.4 is 5.73 Å². The van der Waals surface area contributed by atoms with Gasteiger partial charge in [-0.1, -0.05) is 6.07 Å². The van der Waals surface area contributed by atoms with Crippen molar-refractivity contribution in [3.63, 3.8) is 0 Å². The first-order valence-corrected chi connectivity index (χ1v) is 5.41. The summed E-state index contributed by atoms with van der Waals surface area (Å²) in [4.78, 5) is 15.3. The molecule has 6 heteroatoms. The Morgan fingerprint density at radius 3 is 3.06 bits per heavy atom. The van der Waals surface area contributed by atoms with Crippen LogP contribution in [0.25, 0.3) is 22.3 Å². The molecule has 0 saturated heterocycles. The number of hydrogen-bond acceptors (Lipinski definition) is 4. The second-order valence-electron chi connectivity index (χ2n) is 4.07. The SMILES string of the molecule is Cn1cnc2cc(-c3[nH]nc(N)c3C=O)ccc21. The molecular weight excluding hydrogens is 230 g/mol. The van der Waals surface area contributed by atoms with Crippen LogP contribution in [0.2, 0.25) is 0 Å². The number of nitrogens with zero attached hydrogens (tertiary/aromatic N) is 3. The molecule has 0 spiro atoms. The van der Waals surface area contributed by atoms with E-state index in [2.05, 4.69) is 15.2 Å². The van der Waals surface area contributed by atoms with Gasteiger partial charge < -0.3 is 10.3 Å². The summed E-state index contributed by atoms with van der Waals surface area (Å²) in [5.74, 6) is 0.209. The lowest BCUT2D eigenvalue weighted by Crippen LogP contribution is -1.91. The van der Waals surface area contributed by atoms with Crippen LogP contribution in [0, 0.1) is 0 Å². The van der Waals surface area contributed by atoms with Gasteiger partial charge in [0.05, 0.1) is 28.6 Å². The molecule has 0 unspecified atom stereocenters. The summed E-state index contributed by atoms with van der Waals surface area (Å²) in [6.45, 7) is 0. The van der Waals surface area contributed by atoms with Gasteiger partial charge in [0.25, 0.3) is 0 Å². The smallest absolute Gasteiger partial charge is 0.156 e. The third-order valence-electron chi connectivity index (χ3n) is 2.97. The predicted molar refractivity (Wildman–Crippen MR) is 68.1 cm³/mol. The van der Waals surface area contributed by atoms with E-state index in [0.29, 0.717) is 17.5 Å². The highest BCUT2D eigenvalue weighted by atomic mass is 16.1. The van der Waals surface area contributed by atoms with Crippen molar-refractivity contribution in [2.24, 2.45) is 7.05 Å². The highest BCUT2D eigenvalue weighted by molar-refractivity contribution is 5.93. The lowest BCUT2D eigenvalue weighted by atomic mass is 10.1. The molecule has 3 aromatic rings. The number of aromatic nitrogens is 4. The minimum Gasteiger partial charge on any atom is -0.382 e. The monoisotopic (exact) mass is 241 g/mol. The van der Waals surface area contributed by atoms with E-state index in [1.165, 1.54) is 0 Å². The third-order valence-corrected chi connectivity index (χ3v) is 2.97. The Morgan fingerprint density at radius 1 is 1.44 bits per heavy atom. The maximum Gasteiger partial charge on any atom is 0.156 e. The first kappa shape index (κ1) is 10.5.